The number of nitrogens with zero attached hydrogens (tertiary/aromatic N) is 1. The Labute approximate surface area is 82.3 Å². The summed E-state index contributed by atoms with van der Waals surface area (Å²) in [6, 6.07) is 6.17. The molecule has 66 valence electrons. The molecular formula is C10H14BrN. The topological polar surface area (TPSA) is 12.9 Å². The molecule has 1 aromatic rings. The van der Waals surface area contributed by atoms with Crippen molar-refractivity contribution in [1.29, 1.82) is 0 Å². The Morgan fingerprint density at radius 3 is 2.83 bits per heavy atom. The Kier molecular flexibility index (Phi) is 3.73. The van der Waals surface area contributed by atoms with Crippen LogP contribution in [0.2, 0.25) is 0 Å². The number of aromatic nitrogens is 1. The average molecular weight is 228 g/mol. The molecule has 12 heavy (non-hydrogen) atoms. The van der Waals surface area contributed by atoms with E-state index in [-0.39, 0.29) is 0 Å². The second-order valence-corrected chi connectivity index (χ2v) is 4.27. The summed E-state index contributed by atoms with van der Waals surface area (Å²) in [5, 5.41) is 0. The van der Waals surface area contributed by atoms with Crippen LogP contribution in [-0.2, 0) is 6.42 Å². The summed E-state index contributed by atoms with van der Waals surface area (Å²) in [5.41, 5.74) is 2.28. The van der Waals surface area contributed by atoms with Crippen molar-refractivity contribution in [3.05, 3.63) is 29.6 Å². The third-order valence-corrected chi connectivity index (χ3v) is 2.79. The molecule has 0 aliphatic rings. The molecule has 2 heteroatoms. The van der Waals surface area contributed by atoms with Gasteiger partial charge in [0, 0.05) is 22.6 Å². The van der Waals surface area contributed by atoms with Crippen LogP contribution in [0.3, 0.4) is 0 Å². The second kappa shape index (κ2) is 4.61. The second-order valence-electron chi connectivity index (χ2n) is 2.98. The van der Waals surface area contributed by atoms with Crippen molar-refractivity contribution < 1.29 is 0 Å². The lowest BCUT2D eigenvalue weighted by atomic mass is 10.2. The SMILES string of the molecule is CCC(Br)Cc1cccc(C)n1. The Hall–Kier alpha value is -0.370. The van der Waals surface area contributed by atoms with Crippen LogP contribution >= 0.6 is 15.9 Å². The molecule has 0 saturated carbocycles. The van der Waals surface area contributed by atoms with Gasteiger partial charge < -0.3 is 0 Å². The standard InChI is InChI=1S/C10H14BrN/c1-3-9(11)7-10-6-4-5-8(2)12-10/h4-6,9H,3,7H2,1-2H3. The minimum Gasteiger partial charge on any atom is -0.258 e. The fourth-order valence-electron chi connectivity index (χ4n) is 1.08. The molecule has 0 amide bonds. The maximum atomic E-state index is 4.43. The number of halogens is 1. The van der Waals surface area contributed by atoms with E-state index in [1.54, 1.807) is 0 Å². The van der Waals surface area contributed by atoms with E-state index in [0.717, 1.165) is 18.5 Å². The number of aryl methyl sites for hydroxylation is 1. The Bertz CT molecular complexity index is 247. The van der Waals surface area contributed by atoms with Gasteiger partial charge in [-0.15, -0.1) is 0 Å². The van der Waals surface area contributed by atoms with Crippen molar-refractivity contribution in [2.75, 3.05) is 0 Å². The number of rotatable bonds is 3. The van der Waals surface area contributed by atoms with E-state index in [0.29, 0.717) is 4.83 Å². The van der Waals surface area contributed by atoms with Crippen LogP contribution in [0.5, 0.6) is 0 Å². The lowest BCUT2D eigenvalue weighted by Crippen LogP contribution is -2.02. The fourth-order valence-corrected chi connectivity index (χ4v) is 1.42. The lowest BCUT2D eigenvalue weighted by molar-refractivity contribution is 0.805. The van der Waals surface area contributed by atoms with E-state index in [4.69, 9.17) is 0 Å². The van der Waals surface area contributed by atoms with E-state index in [1.165, 1.54) is 5.69 Å². The summed E-state index contributed by atoms with van der Waals surface area (Å²) < 4.78 is 0. The smallest absolute Gasteiger partial charge is 0.0417 e. The predicted octanol–water partition coefficient (Wildman–Crippen LogP) is 3.11. The first-order valence-corrected chi connectivity index (χ1v) is 5.20. The Morgan fingerprint density at radius 2 is 2.25 bits per heavy atom. The Balaban J connectivity index is 2.63. The summed E-state index contributed by atoms with van der Waals surface area (Å²) >= 11 is 3.60. The molecule has 0 radical (unpaired) electrons. The van der Waals surface area contributed by atoms with Gasteiger partial charge in [-0.1, -0.05) is 28.9 Å². The zero-order valence-corrected chi connectivity index (χ0v) is 9.13. The number of hydrogen-bond donors (Lipinski definition) is 0. The molecule has 0 aliphatic heterocycles. The van der Waals surface area contributed by atoms with Crippen molar-refractivity contribution in [1.82, 2.24) is 4.98 Å². The van der Waals surface area contributed by atoms with E-state index in [1.807, 2.05) is 13.0 Å². The molecule has 0 N–H and O–H groups in total. The molecule has 0 aliphatic carbocycles. The van der Waals surface area contributed by atoms with Crippen LogP contribution in [0.15, 0.2) is 18.2 Å². The summed E-state index contributed by atoms with van der Waals surface area (Å²) in [4.78, 5) is 4.99. The Morgan fingerprint density at radius 1 is 1.50 bits per heavy atom. The van der Waals surface area contributed by atoms with Crippen LogP contribution in [0.25, 0.3) is 0 Å². The summed E-state index contributed by atoms with van der Waals surface area (Å²) in [7, 11) is 0. The lowest BCUT2D eigenvalue weighted by Gasteiger charge is -2.05. The molecule has 1 nitrogen and oxygen atoms in total. The zero-order valence-electron chi connectivity index (χ0n) is 7.55. The normalized spacial score (nSPS) is 12.9. The van der Waals surface area contributed by atoms with Crippen LogP contribution < -0.4 is 0 Å². The number of hydrogen-bond acceptors (Lipinski definition) is 1. The van der Waals surface area contributed by atoms with Gasteiger partial charge in [0.2, 0.25) is 0 Å². The zero-order chi connectivity index (χ0) is 8.97. The third-order valence-electron chi connectivity index (χ3n) is 1.82. The number of alkyl halides is 1. The minimum absolute atomic E-state index is 0.562. The number of pyridine rings is 1. The fraction of sp³-hybridized carbons (Fsp3) is 0.500. The maximum Gasteiger partial charge on any atom is 0.0417 e. The summed E-state index contributed by atoms with van der Waals surface area (Å²) in [6.07, 6.45) is 2.17. The van der Waals surface area contributed by atoms with Crippen LogP contribution in [-0.4, -0.2) is 9.81 Å². The van der Waals surface area contributed by atoms with Crippen molar-refractivity contribution in [3.8, 4) is 0 Å². The van der Waals surface area contributed by atoms with Crippen molar-refractivity contribution in [3.63, 3.8) is 0 Å². The van der Waals surface area contributed by atoms with E-state index in [2.05, 4.69) is 40.0 Å². The molecular weight excluding hydrogens is 214 g/mol. The summed E-state index contributed by atoms with van der Waals surface area (Å²) in [6.45, 7) is 4.20. The minimum atomic E-state index is 0.562. The van der Waals surface area contributed by atoms with Gasteiger partial charge in [-0.2, -0.15) is 0 Å². The van der Waals surface area contributed by atoms with Gasteiger partial charge >= 0.3 is 0 Å². The average Bonchev–Trinajstić information content (AvgIpc) is 2.04. The first kappa shape index (κ1) is 9.72. The van der Waals surface area contributed by atoms with E-state index >= 15 is 0 Å². The molecule has 1 atom stereocenters. The van der Waals surface area contributed by atoms with Gasteiger partial charge in [-0.25, -0.2) is 0 Å². The quantitative estimate of drug-likeness (QED) is 0.724. The van der Waals surface area contributed by atoms with Crippen LogP contribution in [0, 0.1) is 6.92 Å². The molecule has 0 bridgehead atoms. The molecule has 1 aromatic heterocycles. The molecule has 0 aromatic carbocycles. The highest BCUT2D eigenvalue weighted by Crippen LogP contribution is 2.11. The highest BCUT2D eigenvalue weighted by molar-refractivity contribution is 9.09. The van der Waals surface area contributed by atoms with Gasteiger partial charge in [0.15, 0.2) is 0 Å². The van der Waals surface area contributed by atoms with Gasteiger partial charge in [-0.05, 0) is 25.5 Å². The summed E-state index contributed by atoms with van der Waals surface area (Å²) in [5.74, 6) is 0. The molecule has 0 spiro atoms. The molecule has 0 saturated heterocycles. The highest BCUT2D eigenvalue weighted by atomic mass is 79.9. The van der Waals surface area contributed by atoms with Crippen molar-refractivity contribution >= 4 is 15.9 Å². The van der Waals surface area contributed by atoms with E-state index in [9.17, 15) is 0 Å². The largest absolute Gasteiger partial charge is 0.258 e. The highest BCUT2D eigenvalue weighted by Gasteiger charge is 2.02. The maximum absolute atomic E-state index is 4.43. The molecule has 1 unspecified atom stereocenters. The van der Waals surface area contributed by atoms with Gasteiger partial charge in [0.25, 0.3) is 0 Å². The van der Waals surface area contributed by atoms with Gasteiger partial charge in [0.05, 0.1) is 0 Å². The monoisotopic (exact) mass is 227 g/mol. The van der Waals surface area contributed by atoms with Gasteiger partial charge in [0.1, 0.15) is 0 Å². The third kappa shape index (κ3) is 2.94. The molecule has 0 fully saturated rings. The van der Waals surface area contributed by atoms with Gasteiger partial charge in [-0.3, -0.25) is 4.98 Å². The van der Waals surface area contributed by atoms with E-state index < -0.39 is 0 Å². The molecule has 1 heterocycles. The van der Waals surface area contributed by atoms with Crippen molar-refractivity contribution in [2.24, 2.45) is 0 Å². The van der Waals surface area contributed by atoms with Crippen LogP contribution in [0.4, 0.5) is 0 Å². The van der Waals surface area contributed by atoms with Crippen LogP contribution in [0.1, 0.15) is 24.7 Å². The predicted molar refractivity (Wildman–Crippen MR) is 55.7 cm³/mol. The first-order valence-electron chi connectivity index (χ1n) is 4.29. The van der Waals surface area contributed by atoms with Crippen molar-refractivity contribution in [2.45, 2.75) is 31.5 Å². The first-order chi connectivity index (χ1) is 5.72. The molecule has 1 rings (SSSR count).